The average molecular weight is 401 g/mol. The van der Waals surface area contributed by atoms with Gasteiger partial charge in [0.1, 0.15) is 0 Å². The van der Waals surface area contributed by atoms with Crippen LogP contribution in [0.5, 0.6) is 0 Å². The number of halogens is 1. The van der Waals surface area contributed by atoms with Crippen LogP contribution in [-0.2, 0) is 25.8 Å². The SMILES string of the molecule is O=C([O-])CCS(=O)(=O)c1cc(Br)cc2c1N(C(=O)C1CC1)CC2. The second-order valence-corrected chi connectivity index (χ2v) is 8.86. The van der Waals surface area contributed by atoms with E-state index in [4.69, 9.17) is 0 Å². The number of carboxylic acid groups (broad SMARTS) is 1. The van der Waals surface area contributed by atoms with Crippen molar-refractivity contribution in [3.63, 3.8) is 0 Å². The van der Waals surface area contributed by atoms with Crippen LogP contribution in [-0.4, -0.2) is 32.6 Å². The molecule has 1 aromatic carbocycles. The standard InChI is InChI=1S/C15H16BrNO5S/c16-11-7-10-3-5-17(15(20)9-1-2-9)14(10)12(8-11)23(21,22)6-4-13(18)19/h7-9H,1-6H2,(H,18,19)/p-1. The molecule has 0 spiro atoms. The molecule has 2 aliphatic rings. The molecule has 0 radical (unpaired) electrons. The van der Waals surface area contributed by atoms with Crippen LogP contribution in [0.15, 0.2) is 21.5 Å². The van der Waals surface area contributed by atoms with Crippen LogP contribution in [0.1, 0.15) is 24.8 Å². The van der Waals surface area contributed by atoms with Gasteiger partial charge in [0.25, 0.3) is 0 Å². The molecule has 1 aliphatic heterocycles. The Bertz CT molecular complexity index is 785. The van der Waals surface area contributed by atoms with Gasteiger partial charge in [-0.3, -0.25) is 4.79 Å². The van der Waals surface area contributed by atoms with Crippen LogP contribution in [0.25, 0.3) is 0 Å². The van der Waals surface area contributed by atoms with Gasteiger partial charge >= 0.3 is 0 Å². The number of aliphatic carboxylic acids is 1. The summed E-state index contributed by atoms with van der Waals surface area (Å²) in [5, 5.41) is 10.6. The van der Waals surface area contributed by atoms with E-state index < -0.39 is 28.0 Å². The summed E-state index contributed by atoms with van der Waals surface area (Å²) in [5.74, 6) is -2.00. The Kier molecular flexibility index (Phi) is 4.22. The molecule has 0 unspecified atom stereocenters. The third-order valence-electron chi connectivity index (χ3n) is 4.10. The number of carbonyl (C=O) groups excluding carboxylic acids is 2. The van der Waals surface area contributed by atoms with Crippen molar-refractivity contribution in [1.82, 2.24) is 0 Å². The zero-order valence-corrected chi connectivity index (χ0v) is 14.7. The molecule has 1 heterocycles. The van der Waals surface area contributed by atoms with E-state index in [9.17, 15) is 23.1 Å². The molecule has 1 aromatic rings. The zero-order valence-electron chi connectivity index (χ0n) is 12.2. The lowest BCUT2D eigenvalue weighted by atomic mass is 10.2. The summed E-state index contributed by atoms with van der Waals surface area (Å²) in [4.78, 5) is 24.6. The molecule has 0 atom stereocenters. The third kappa shape index (κ3) is 3.28. The fourth-order valence-electron chi connectivity index (χ4n) is 2.81. The van der Waals surface area contributed by atoms with Crippen molar-refractivity contribution in [1.29, 1.82) is 0 Å². The van der Waals surface area contributed by atoms with Gasteiger partial charge in [0.05, 0.1) is 16.3 Å². The largest absolute Gasteiger partial charge is 0.550 e. The number of rotatable bonds is 5. The fourth-order valence-corrected chi connectivity index (χ4v) is 4.96. The maximum absolute atomic E-state index is 12.6. The monoisotopic (exact) mass is 400 g/mol. The Balaban J connectivity index is 2.03. The minimum absolute atomic E-state index is 0.0108. The summed E-state index contributed by atoms with van der Waals surface area (Å²) in [7, 11) is -3.82. The van der Waals surface area contributed by atoms with Crippen molar-refractivity contribution < 1.29 is 23.1 Å². The minimum Gasteiger partial charge on any atom is -0.550 e. The number of nitrogens with zero attached hydrogens (tertiary/aromatic N) is 1. The van der Waals surface area contributed by atoms with Crippen molar-refractivity contribution in [2.75, 3.05) is 17.2 Å². The lowest BCUT2D eigenvalue weighted by Crippen LogP contribution is -2.31. The van der Waals surface area contributed by atoms with Gasteiger partial charge < -0.3 is 14.8 Å². The number of carboxylic acids is 1. The summed E-state index contributed by atoms with van der Waals surface area (Å²) in [5.41, 5.74) is 1.21. The van der Waals surface area contributed by atoms with E-state index >= 15 is 0 Å². The normalized spacial score (nSPS) is 17.2. The fraction of sp³-hybridized carbons (Fsp3) is 0.467. The molecule has 23 heavy (non-hydrogen) atoms. The van der Waals surface area contributed by atoms with Crippen LogP contribution < -0.4 is 10.0 Å². The number of sulfone groups is 1. The van der Waals surface area contributed by atoms with Gasteiger partial charge in [0, 0.05) is 29.3 Å². The molecule has 6 nitrogen and oxygen atoms in total. The number of benzene rings is 1. The van der Waals surface area contributed by atoms with Crippen molar-refractivity contribution in [3.8, 4) is 0 Å². The van der Waals surface area contributed by atoms with E-state index in [1.54, 1.807) is 4.90 Å². The third-order valence-corrected chi connectivity index (χ3v) is 6.28. The Hall–Kier alpha value is -1.41. The van der Waals surface area contributed by atoms with Crippen molar-refractivity contribution >= 4 is 43.3 Å². The van der Waals surface area contributed by atoms with E-state index in [0.717, 1.165) is 18.4 Å². The molecule has 0 N–H and O–H groups in total. The topological polar surface area (TPSA) is 94.6 Å². The van der Waals surface area contributed by atoms with Crippen molar-refractivity contribution in [3.05, 3.63) is 22.2 Å². The van der Waals surface area contributed by atoms with E-state index in [0.29, 0.717) is 23.1 Å². The molecule has 0 saturated heterocycles. The van der Waals surface area contributed by atoms with E-state index in [-0.39, 0.29) is 16.7 Å². The van der Waals surface area contributed by atoms with Crippen molar-refractivity contribution in [2.24, 2.45) is 5.92 Å². The molecule has 1 fully saturated rings. The molecule has 1 saturated carbocycles. The van der Waals surface area contributed by atoms with Crippen LogP contribution in [0, 0.1) is 5.92 Å². The summed E-state index contributed by atoms with van der Waals surface area (Å²) in [6.07, 6.45) is 1.71. The van der Waals surface area contributed by atoms with E-state index in [1.165, 1.54) is 6.07 Å². The first-order chi connectivity index (χ1) is 10.8. The quantitative estimate of drug-likeness (QED) is 0.723. The number of carbonyl (C=O) groups is 2. The maximum atomic E-state index is 12.6. The highest BCUT2D eigenvalue weighted by Crippen LogP contribution is 2.41. The first-order valence-electron chi connectivity index (χ1n) is 7.36. The first kappa shape index (κ1) is 16.4. The summed E-state index contributed by atoms with van der Waals surface area (Å²) < 4.78 is 25.7. The second kappa shape index (κ2) is 5.90. The number of fused-ring (bicyclic) bond motifs is 1. The summed E-state index contributed by atoms with van der Waals surface area (Å²) >= 11 is 3.29. The molecular formula is C15H15BrNO5S-. The number of anilines is 1. The first-order valence-corrected chi connectivity index (χ1v) is 9.80. The summed E-state index contributed by atoms with van der Waals surface area (Å²) in [6, 6.07) is 3.26. The van der Waals surface area contributed by atoms with Crippen LogP contribution in [0.3, 0.4) is 0 Å². The number of amides is 1. The van der Waals surface area contributed by atoms with E-state index in [2.05, 4.69) is 15.9 Å². The second-order valence-electron chi connectivity index (χ2n) is 5.87. The van der Waals surface area contributed by atoms with Crippen LogP contribution in [0.4, 0.5) is 5.69 Å². The Labute approximate surface area is 142 Å². The highest BCUT2D eigenvalue weighted by Gasteiger charge is 2.39. The maximum Gasteiger partial charge on any atom is 0.230 e. The highest BCUT2D eigenvalue weighted by molar-refractivity contribution is 9.10. The van der Waals surface area contributed by atoms with E-state index in [1.807, 2.05) is 6.07 Å². The molecule has 1 aliphatic carbocycles. The van der Waals surface area contributed by atoms with Gasteiger partial charge in [-0.05, 0) is 37.0 Å². The Morgan fingerprint density at radius 3 is 2.61 bits per heavy atom. The molecule has 1 amide bonds. The smallest absolute Gasteiger partial charge is 0.230 e. The van der Waals surface area contributed by atoms with Crippen LogP contribution >= 0.6 is 15.9 Å². The summed E-state index contributed by atoms with van der Waals surface area (Å²) in [6.45, 7) is 0.462. The Morgan fingerprint density at radius 1 is 1.30 bits per heavy atom. The van der Waals surface area contributed by atoms with Crippen molar-refractivity contribution in [2.45, 2.75) is 30.6 Å². The van der Waals surface area contributed by atoms with Gasteiger partial charge in [-0.25, -0.2) is 8.42 Å². The Morgan fingerprint density at radius 2 is 2.00 bits per heavy atom. The molecule has 0 aromatic heterocycles. The molecular weight excluding hydrogens is 386 g/mol. The predicted octanol–water partition coefficient (Wildman–Crippen LogP) is 0.662. The number of hydrogen-bond donors (Lipinski definition) is 0. The van der Waals surface area contributed by atoms with Gasteiger partial charge in [-0.2, -0.15) is 0 Å². The highest BCUT2D eigenvalue weighted by atomic mass is 79.9. The zero-order chi connectivity index (χ0) is 16.8. The average Bonchev–Trinajstić information content (AvgIpc) is 3.24. The van der Waals surface area contributed by atoms with Crippen LogP contribution in [0.2, 0.25) is 0 Å². The minimum atomic E-state index is -3.82. The van der Waals surface area contributed by atoms with Gasteiger partial charge in [0.15, 0.2) is 9.84 Å². The number of hydrogen-bond acceptors (Lipinski definition) is 5. The lowest BCUT2D eigenvalue weighted by molar-refractivity contribution is -0.305. The molecule has 0 bridgehead atoms. The van der Waals surface area contributed by atoms with Gasteiger partial charge in [-0.15, -0.1) is 0 Å². The predicted molar refractivity (Wildman–Crippen MR) is 84.6 cm³/mol. The molecule has 3 rings (SSSR count). The molecule has 124 valence electrons. The van der Waals surface area contributed by atoms with Gasteiger partial charge in [0.2, 0.25) is 5.91 Å². The molecule has 8 heteroatoms. The van der Waals surface area contributed by atoms with Gasteiger partial charge in [-0.1, -0.05) is 15.9 Å². The lowest BCUT2D eigenvalue weighted by Gasteiger charge is -2.21.